The normalized spacial score (nSPS) is 10.4. The minimum atomic E-state index is 0.290. The summed E-state index contributed by atoms with van der Waals surface area (Å²) in [5.74, 6) is 0. The van der Waals surface area contributed by atoms with Crippen LogP contribution in [0.1, 0.15) is 10.4 Å². The van der Waals surface area contributed by atoms with Crippen molar-refractivity contribution in [1.29, 1.82) is 0 Å². The van der Waals surface area contributed by atoms with E-state index >= 15 is 0 Å². The van der Waals surface area contributed by atoms with Gasteiger partial charge in [0.15, 0.2) is 6.29 Å². The molecule has 0 aliphatic heterocycles. The molecule has 18 heavy (non-hydrogen) atoms. The molecule has 0 atom stereocenters. The minimum Gasteiger partial charge on any atom is -0.298 e. The minimum absolute atomic E-state index is 0.290. The number of hydrogen-bond donors (Lipinski definition) is 0. The Hall–Kier alpha value is -0.730. The van der Waals surface area contributed by atoms with E-state index in [0.29, 0.717) is 37.5 Å². The van der Waals surface area contributed by atoms with E-state index in [1.54, 1.807) is 30.3 Å². The molecular weight excluding hydrogens is 314 g/mol. The first-order chi connectivity index (χ1) is 8.54. The number of hydrogen-bond acceptors (Lipinski definition) is 1. The van der Waals surface area contributed by atoms with Gasteiger partial charge in [-0.3, -0.25) is 4.79 Å². The highest BCUT2D eigenvalue weighted by atomic mass is 35.5. The third kappa shape index (κ3) is 2.50. The summed E-state index contributed by atoms with van der Waals surface area (Å²) in [6, 6.07) is 8.45. The Morgan fingerprint density at radius 1 is 0.833 bits per heavy atom. The van der Waals surface area contributed by atoms with Gasteiger partial charge in [-0.2, -0.15) is 0 Å². The highest BCUT2D eigenvalue weighted by Gasteiger charge is 2.11. The molecule has 0 aliphatic carbocycles. The Morgan fingerprint density at radius 3 is 2.17 bits per heavy atom. The Balaban J connectivity index is 2.62. The molecule has 0 radical (unpaired) electrons. The fraction of sp³-hybridized carbons (Fsp3) is 0. The van der Waals surface area contributed by atoms with E-state index in [-0.39, 0.29) is 0 Å². The lowest BCUT2D eigenvalue weighted by molar-refractivity contribution is 0.112. The molecule has 0 bridgehead atoms. The van der Waals surface area contributed by atoms with Crippen molar-refractivity contribution >= 4 is 52.7 Å². The van der Waals surface area contributed by atoms with Crippen molar-refractivity contribution in [3.63, 3.8) is 0 Å². The van der Waals surface area contributed by atoms with E-state index in [4.69, 9.17) is 46.4 Å². The quantitative estimate of drug-likeness (QED) is 0.506. The van der Waals surface area contributed by atoms with Gasteiger partial charge in [-0.05, 0) is 23.8 Å². The molecule has 0 unspecified atom stereocenters. The van der Waals surface area contributed by atoms with Crippen LogP contribution >= 0.6 is 46.4 Å². The molecule has 2 aromatic carbocycles. The standard InChI is InChI=1S/C13H6Cl4O/c14-10-3-1-7(5-8(10)6-18)9-2-4-11(15)13(17)12(9)16/h1-6H. The predicted molar refractivity (Wildman–Crippen MR) is 77.3 cm³/mol. The number of rotatable bonds is 2. The van der Waals surface area contributed by atoms with Crippen LogP contribution in [0, 0.1) is 0 Å². The molecule has 0 amide bonds. The van der Waals surface area contributed by atoms with Gasteiger partial charge in [0.05, 0.1) is 20.1 Å². The molecule has 0 saturated heterocycles. The van der Waals surface area contributed by atoms with Gasteiger partial charge in [-0.1, -0.05) is 58.5 Å². The Kier molecular flexibility index (Phi) is 4.18. The summed E-state index contributed by atoms with van der Waals surface area (Å²) in [7, 11) is 0. The largest absolute Gasteiger partial charge is 0.298 e. The zero-order valence-corrected chi connectivity index (χ0v) is 11.9. The first kappa shape index (κ1) is 13.7. The van der Waals surface area contributed by atoms with Crippen LogP contribution in [0.5, 0.6) is 0 Å². The van der Waals surface area contributed by atoms with Gasteiger partial charge < -0.3 is 0 Å². The van der Waals surface area contributed by atoms with Crippen LogP contribution in [0.2, 0.25) is 20.1 Å². The van der Waals surface area contributed by atoms with Crippen molar-refractivity contribution in [3.8, 4) is 11.1 Å². The summed E-state index contributed by atoms with van der Waals surface area (Å²) in [6.07, 6.45) is 0.692. The number of carbonyl (C=O) groups is 1. The van der Waals surface area contributed by atoms with Gasteiger partial charge in [0.1, 0.15) is 0 Å². The van der Waals surface area contributed by atoms with Gasteiger partial charge in [0.25, 0.3) is 0 Å². The third-order valence-electron chi connectivity index (χ3n) is 2.47. The summed E-state index contributed by atoms with van der Waals surface area (Å²) in [5, 5.41) is 1.42. The van der Waals surface area contributed by atoms with Crippen LogP contribution < -0.4 is 0 Å². The topological polar surface area (TPSA) is 17.1 Å². The molecule has 5 heteroatoms. The van der Waals surface area contributed by atoms with Gasteiger partial charge in [0, 0.05) is 11.1 Å². The lowest BCUT2D eigenvalue weighted by Gasteiger charge is -2.08. The molecule has 0 aliphatic rings. The molecule has 0 saturated carbocycles. The number of halogens is 4. The smallest absolute Gasteiger partial charge is 0.151 e. The van der Waals surface area contributed by atoms with Crippen molar-refractivity contribution in [3.05, 3.63) is 56.0 Å². The van der Waals surface area contributed by atoms with E-state index in [0.717, 1.165) is 5.56 Å². The van der Waals surface area contributed by atoms with Crippen molar-refractivity contribution in [2.45, 2.75) is 0 Å². The first-order valence-corrected chi connectivity index (χ1v) is 6.44. The van der Waals surface area contributed by atoms with Crippen molar-refractivity contribution in [1.82, 2.24) is 0 Å². The lowest BCUT2D eigenvalue weighted by Crippen LogP contribution is -1.86. The maximum Gasteiger partial charge on any atom is 0.151 e. The van der Waals surface area contributed by atoms with Gasteiger partial charge in [-0.25, -0.2) is 0 Å². The molecule has 0 N–H and O–H groups in total. The third-order valence-corrected chi connectivity index (χ3v) is 4.11. The van der Waals surface area contributed by atoms with E-state index in [9.17, 15) is 4.79 Å². The molecule has 0 aromatic heterocycles. The molecule has 0 spiro atoms. The SMILES string of the molecule is O=Cc1cc(-c2ccc(Cl)c(Cl)c2Cl)ccc1Cl. The van der Waals surface area contributed by atoms with Crippen LogP contribution in [0.3, 0.4) is 0 Å². The summed E-state index contributed by atoms with van der Waals surface area (Å²) in [6.45, 7) is 0. The summed E-state index contributed by atoms with van der Waals surface area (Å²) < 4.78 is 0. The van der Waals surface area contributed by atoms with Crippen LogP contribution in [0.4, 0.5) is 0 Å². The van der Waals surface area contributed by atoms with Gasteiger partial charge in [0.2, 0.25) is 0 Å². The summed E-state index contributed by atoms with van der Waals surface area (Å²) in [4.78, 5) is 10.9. The highest BCUT2D eigenvalue weighted by Crippen LogP contribution is 2.38. The second-order valence-electron chi connectivity index (χ2n) is 3.58. The predicted octanol–water partition coefficient (Wildman–Crippen LogP) is 5.78. The average molecular weight is 320 g/mol. The fourth-order valence-electron chi connectivity index (χ4n) is 1.55. The fourth-order valence-corrected chi connectivity index (χ4v) is 2.36. The molecule has 0 heterocycles. The zero-order valence-electron chi connectivity index (χ0n) is 8.88. The van der Waals surface area contributed by atoms with E-state index < -0.39 is 0 Å². The monoisotopic (exact) mass is 318 g/mol. The number of benzene rings is 2. The van der Waals surface area contributed by atoms with E-state index in [1.165, 1.54) is 0 Å². The highest BCUT2D eigenvalue weighted by molar-refractivity contribution is 6.49. The number of aldehydes is 1. The molecule has 0 fully saturated rings. The van der Waals surface area contributed by atoms with E-state index in [1.807, 2.05) is 0 Å². The average Bonchev–Trinajstić information content (AvgIpc) is 2.37. The van der Waals surface area contributed by atoms with Crippen molar-refractivity contribution in [2.24, 2.45) is 0 Å². The second-order valence-corrected chi connectivity index (χ2v) is 5.15. The van der Waals surface area contributed by atoms with Gasteiger partial charge in [-0.15, -0.1) is 0 Å². The second kappa shape index (κ2) is 5.50. The summed E-state index contributed by atoms with van der Waals surface area (Å²) >= 11 is 23.8. The Morgan fingerprint density at radius 2 is 1.50 bits per heavy atom. The zero-order chi connectivity index (χ0) is 13.3. The Labute approximate surface area is 124 Å². The molecular formula is C13H6Cl4O. The molecule has 2 rings (SSSR count). The van der Waals surface area contributed by atoms with Crippen LogP contribution in [-0.4, -0.2) is 6.29 Å². The lowest BCUT2D eigenvalue weighted by atomic mass is 10.0. The van der Waals surface area contributed by atoms with E-state index in [2.05, 4.69) is 0 Å². The molecule has 92 valence electrons. The van der Waals surface area contributed by atoms with Gasteiger partial charge >= 0.3 is 0 Å². The molecule has 1 nitrogen and oxygen atoms in total. The number of carbonyl (C=O) groups excluding carboxylic acids is 1. The van der Waals surface area contributed by atoms with Crippen LogP contribution in [-0.2, 0) is 0 Å². The summed E-state index contributed by atoms with van der Waals surface area (Å²) in [5.41, 5.74) is 1.85. The van der Waals surface area contributed by atoms with Crippen LogP contribution in [0.15, 0.2) is 30.3 Å². The van der Waals surface area contributed by atoms with Crippen molar-refractivity contribution < 1.29 is 4.79 Å². The first-order valence-electron chi connectivity index (χ1n) is 4.93. The van der Waals surface area contributed by atoms with Crippen LogP contribution in [0.25, 0.3) is 11.1 Å². The maximum absolute atomic E-state index is 10.9. The van der Waals surface area contributed by atoms with Crippen molar-refractivity contribution in [2.75, 3.05) is 0 Å². The maximum atomic E-state index is 10.9. The Bertz CT molecular complexity index is 623. The molecule has 2 aromatic rings.